The number of rotatable bonds is 10. The Labute approximate surface area is 176 Å². The molecule has 1 aliphatic heterocycles. The Bertz CT molecular complexity index is 654. The maximum Gasteiger partial charge on any atom is 0.279 e. The fourth-order valence-corrected chi connectivity index (χ4v) is 3.89. The molecule has 2 amide bonds. The molecule has 1 fully saturated rings. The number of aryl methyl sites for hydroxylation is 1. The fourth-order valence-electron chi connectivity index (χ4n) is 3.89. The van der Waals surface area contributed by atoms with Gasteiger partial charge >= 0.3 is 0 Å². The summed E-state index contributed by atoms with van der Waals surface area (Å²) in [5.41, 5.74) is 2.09. The van der Waals surface area contributed by atoms with Crippen molar-refractivity contribution >= 4 is 17.5 Å². The second-order valence-electron chi connectivity index (χ2n) is 8.85. The molecule has 0 radical (unpaired) electrons. The van der Waals surface area contributed by atoms with E-state index in [1.165, 1.54) is 15.4 Å². The Morgan fingerprint density at radius 3 is 2.10 bits per heavy atom. The molecular formula is C23H40N4O2+2. The van der Waals surface area contributed by atoms with E-state index in [0.717, 1.165) is 51.1 Å². The molecule has 0 aromatic heterocycles. The van der Waals surface area contributed by atoms with Crippen LogP contribution < -0.4 is 20.4 Å². The van der Waals surface area contributed by atoms with Crippen molar-refractivity contribution in [3.05, 3.63) is 29.8 Å². The summed E-state index contributed by atoms with van der Waals surface area (Å²) in [6, 6.07) is 8.22. The van der Waals surface area contributed by atoms with Crippen LogP contribution >= 0.6 is 0 Å². The van der Waals surface area contributed by atoms with Crippen LogP contribution in [0.1, 0.15) is 46.1 Å². The predicted molar refractivity (Wildman–Crippen MR) is 117 cm³/mol. The first-order valence-corrected chi connectivity index (χ1v) is 11.2. The molecule has 1 aromatic carbocycles. The van der Waals surface area contributed by atoms with Crippen molar-refractivity contribution in [2.75, 3.05) is 44.6 Å². The van der Waals surface area contributed by atoms with Crippen molar-refractivity contribution in [1.82, 2.24) is 5.32 Å². The highest BCUT2D eigenvalue weighted by molar-refractivity contribution is 5.92. The van der Waals surface area contributed by atoms with Crippen LogP contribution in [-0.4, -0.2) is 57.1 Å². The van der Waals surface area contributed by atoms with Crippen LogP contribution in [0.4, 0.5) is 5.69 Å². The molecule has 162 valence electrons. The van der Waals surface area contributed by atoms with E-state index in [0.29, 0.717) is 19.0 Å². The van der Waals surface area contributed by atoms with Crippen LogP contribution in [0.3, 0.4) is 0 Å². The van der Waals surface area contributed by atoms with E-state index in [4.69, 9.17) is 0 Å². The van der Waals surface area contributed by atoms with Gasteiger partial charge in [-0.15, -0.1) is 0 Å². The van der Waals surface area contributed by atoms with Gasteiger partial charge in [-0.3, -0.25) is 9.59 Å². The van der Waals surface area contributed by atoms with Gasteiger partial charge in [0, 0.05) is 11.7 Å². The number of quaternary nitrogens is 2. The lowest BCUT2D eigenvalue weighted by Crippen LogP contribution is -3.28. The molecule has 1 heterocycles. The molecule has 4 N–H and O–H groups in total. The smallest absolute Gasteiger partial charge is 0.279 e. The predicted octanol–water partition coefficient (Wildman–Crippen LogP) is -0.0882. The second kappa shape index (κ2) is 11.9. The average Bonchev–Trinajstić information content (AvgIpc) is 2.68. The fraction of sp³-hybridized carbons (Fsp3) is 0.652. The zero-order valence-electron chi connectivity index (χ0n) is 18.6. The normalized spacial score (nSPS) is 20.3. The molecule has 1 aromatic rings. The Hall–Kier alpha value is -1.92. The van der Waals surface area contributed by atoms with Gasteiger partial charge in [-0.05, 0) is 43.7 Å². The highest BCUT2D eigenvalue weighted by atomic mass is 16.2. The average molecular weight is 405 g/mol. The first-order chi connectivity index (χ1) is 13.9. The highest BCUT2D eigenvalue weighted by Crippen LogP contribution is 2.14. The summed E-state index contributed by atoms with van der Waals surface area (Å²) in [6.07, 6.45) is 3.08. The molecule has 0 saturated carbocycles. The number of piperazine rings is 1. The third-order valence-electron chi connectivity index (χ3n) is 5.74. The number of anilines is 1. The van der Waals surface area contributed by atoms with Gasteiger partial charge in [-0.2, -0.15) is 0 Å². The number of amides is 2. The number of hydrogen-bond donors (Lipinski definition) is 4. The van der Waals surface area contributed by atoms with Crippen molar-refractivity contribution < 1.29 is 19.4 Å². The molecule has 29 heavy (non-hydrogen) atoms. The third-order valence-corrected chi connectivity index (χ3v) is 5.74. The van der Waals surface area contributed by atoms with Gasteiger partial charge in [-0.25, -0.2) is 0 Å². The van der Waals surface area contributed by atoms with Gasteiger partial charge in [0.15, 0.2) is 13.1 Å². The summed E-state index contributed by atoms with van der Waals surface area (Å²) in [4.78, 5) is 27.3. The summed E-state index contributed by atoms with van der Waals surface area (Å²) in [5.74, 6) is 0.887. The standard InChI is InChI=1S/C23H38N4O2/c1-5-20-8-6-7-9-21(20)25-23(29)17-27-14-12-26(13-15-27)16-22(28)24-19(4)11-10-18(2)3/h6-9,18-19H,5,10-17H2,1-4H3,(H,24,28)(H,25,29)/p+2/t19-/m0/s1. The zero-order valence-corrected chi connectivity index (χ0v) is 18.6. The van der Waals surface area contributed by atoms with Crippen molar-refractivity contribution in [2.45, 2.75) is 53.0 Å². The number of nitrogens with one attached hydrogen (secondary N) is 4. The monoisotopic (exact) mass is 404 g/mol. The molecular weight excluding hydrogens is 364 g/mol. The Morgan fingerprint density at radius 1 is 0.931 bits per heavy atom. The number of hydrogen-bond acceptors (Lipinski definition) is 2. The largest absolute Gasteiger partial charge is 0.349 e. The SMILES string of the molecule is CCc1ccccc1NC(=O)C[NH+]1CC[NH+](CC(=O)N[C@@H](C)CCC(C)C)CC1. The molecule has 6 heteroatoms. The first kappa shape index (κ1) is 23.4. The van der Waals surface area contributed by atoms with Crippen LogP contribution in [0.25, 0.3) is 0 Å². The van der Waals surface area contributed by atoms with E-state index < -0.39 is 0 Å². The lowest BCUT2D eigenvalue weighted by atomic mass is 10.0. The summed E-state index contributed by atoms with van der Waals surface area (Å²) in [5, 5.41) is 6.20. The third kappa shape index (κ3) is 8.54. The van der Waals surface area contributed by atoms with Gasteiger partial charge in [0.1, 0.15) is 26.2 Å². The molecule has 1 atom stereocenters. The molecule has 0 unspecified atom stereocenters. The first-order valence-electron chi connectivity index (χ1n) is 11.2. The van der Waals surface area contributed by atoms with E-state index in [1.807, 2.05) is 18.2 Å². The maximum absolute atomic E-state index is 12.4. The van der Waals surface area contributed by atoms with E-state index in [1.54, 1.807) is 0 Å². The maximum atomic E-state index is 12.4. The van der Waals surface area contributed by atoms with E-state index in [9.17, 15) is 9.59 Å². The van der Waals surface area contributed by atoms with Gasteiger partial charge in [-0.1, -0.05) is 39.0 Å². The molecule has 0 aliphatic carbocycles. The number of para-hydroxylation sites is 1. The van der Waals surface area contributed by atoms with Crippen molar-refractivity contribution in [3.63, 3.8) is 0 Å². The molecule has 0 spiro atoms. The van der Waals surface area contributed by atoms with Gasteiger partial charge < -0.3 is 20.4 Å². The minimum absolute atomic E-state index is 0.0704. The number of benzene rings is 1. The van der Waals surface area contributed by atoms with E-state index >= 15 is 0 Å². The number of carbonyl (C=O) groups excluding carboxylic acids is 2. The molecule has 0 bridgehead atoms. The van der Waals surface area contributed by atoms with Crippen LogP contribution in [0.2, 0.25) is 0 Å². The molecule has 1 saturated heterocycles. The summed E-state index contributed by atoms with van der Waals surface area (Å²) in [6.45, 7) is 13.4. The van der Waals surface area contributed by atoms with Gasteiger partial charge in [0.25, 0.3) is 11.8 Å². The minimum atomic E-state index is 0.0704. The second-order valence-corrected chi connectivity index (χ2v) is 8.85. The number of carbonyl (C=O) groups is 2. The van der Waals surface area contributed by atoms with Gasteiger partial charge in [0.05, 0.1) is 0 Å². The summed E-state index contributed by atoms with van der Waals surface area (Å²) in [7, 11) is 0. The van der Waals surface area contributed by atoms with Crippen LogP contribution in [-0.2, 0) is 16.0 Å². The Morgan fingerprint density at radius 2 is 1.52 bits per heavy atom. The Balaban J connectivity index is 1.68. The van der Waals surface area contributed by atoms with E-state index in [-0.39, 0.29) is 17.9 Å². The molecule has 6 nitrogen and oxygen atoms in total. The van der Waals surface area contributed by atoms with Gasteiger partial charge in [0.2, 0.25) is 0 Å². The summed E-state index contributed by atoms with van der Waals surface area (Å²) >= 11 is 0. The summed E-state index contributed by atoms with van der Waals surface area (Å²) < 4.78 is 0. The van der Waals surface area contributed by atoms with E-state index in [2.05, 4.69) is 44.4 Å². The van der Waals surface area contributed by atoms with Crippen LogP contribution in [0, 0.1) is 5.92 Å². The highest BCUT2D eigenvalue weighted by Gasteiger charge is 2.26. The van der Waals surface area contributed by atoms with Crippen molar-refractivity contribution in [3.8, 4) is 0 Å². The minimum Gasteiger partial charge on any atom is -0.349 e. The van der Waals surface area contributed by atoms with Crippen molar-refractivity contribution in [2.24, 2.45) is 5.92 Å². The zero-order chi connectivity index (χ0) is 21.2. The van der Waals surface area contributed by atoms with Crippen LogP contribution in [0.5, 0.6) is 0 Å². The molecule has 2 rings (SSSR count). The lowest BCUT2D eigenvalue weighted by molar-refractivity contribution is -1.00. The Kier molecular flexibility index (Phi) is 9.61. The van der Waals surface area contributed by atoms with Crippen LogP contribution in [0.15, 0.2) is 24.3 Å². The van der Waals surface area contributed by atoms with Crippen molar-refractivity contribution in [1.29, 1.82) is 0 Å². The lowest BCUT2D eigenvalue weighted by Gasteiger charge is -2.29. The molecule has 1 aliphatic rings. The topological polar surface area (TPSA) is 67.1 Å². The quantitative estimate of drug-likeness (QED) is 0.440.